The lowest BCUT2D eigenvalue weighted by Crippen LogP contribution is -2.17. The Balaban J connectivity index is 1.83. The van der Waals surface area contributed by atoms with E-state index in [1.54, 1.807) is 24.3 Å². The quantitative estimate of drug-likeness (QED) is 0.686. The number of halogens is 3. The summed E-state index contributed by atoms with van der Waals surface area (Å²) >= 11 is 0. The maximum atomic E-state index is 12.5. The highest BCUT2D eigenvalue weighted by atomic mass is 32.2. The zero-order chi connectivity index (χ0) is 19.7. The van der Waals surface area contributed by atoms with Crippen molar-refractivity contribution in [3.8, 4) is 11.5 Å². The van der Waals surface area contributed by atoms with Crippen LogP contribution >= 0.6 is 0 Å². The van der Waals surface area contributed by atoms with E-state index in [1.807, 2.05) is 0 Å². The van der Waals surface area contributed by atoms with Gasteiger partial charge in [0.1, 0.15) is 11.5 Å². The summed E-state index contributed by atoms with van der Waals surface area (Å²) < 4.78 is 72.8. The van der Waals surface area contributed by atoms with Gasteiger partial charge < -0.3 is 9.47 Å². The molecule has 0 aliphatic rings. The highest BCUT2D eigenvalue weighted by molar-refractivity contribution is 7.92. The third-order valence-electron chi connectivity index (χ3n) is 3.67. The van der Waals surface area contributed by atoms with E-state index in [4.69, 9.17) is 4.74 Å². The molecule has 0 fully saturated rings. The Morgan fingerprint density at radius 1 is 0.852 bits per heavy atom. The number of benzene rings is 3. The molecule has 142 valence electrons. The number of hydrogen-bond acceptors (Lipinski definition) is 4. The SMILES string of the molecule is COc1ccc2cc(S(=O)(=O)Nc3ccc(OC(F)(F)F)cc3)ccc2c1. The van der Waals surface area contributed by atoms with Crippen LogP contribution in [0.25, 0.3) is 10.8 Å². The fourth-order valence-corrected chi connectivity index (χ4v) is 3.53. The van der Waals surface area contributed by atoms with E-state index in [2.05, 4.69) is 9.46 Å². The fourth-order valence-electron chi connectivity index (χ4n) is 2.43. The molecular formula is C18H14F3NO4S. The molecule has 0 atom stereocenters. The van der Waals surface area contributed by atoms with Crippen LogP contribution in [0.5, 0.6) is 11.5 Å². The summed E-state index contributed by atoms with van der Waals surface area (Å²) in [7, 11) is -2.38. The number of alkyl halides is 3. The van der Waals surface area contributed by atoms with Crippen LogP contribution in [0.2, 0.25) is 0 Å². The maximum absolute atomic E-state index is 12.5. The highest BCUT2D eigenvalue weighted by Gasteiger charge is 2.31. The monoisotopic (exact) mass is 397 g/mol. The van der Waals surface area contributed by atoms with Gasteiger partial charge in [-0.25, -0.2) is 8.42 Å². The first-order valence-electron chi connectivity index (χ1n) is 7.63. The number of methoxy groups -OCH3 is 1. The average Bonchev–Trinajstić information content (AvgIpc) is 2.61. The van der Waals surface area contributed by atoms with E-state index in [0.29, 0.717) is 11.1 Å². The minimum Gasteiger partial charge on any atom is -0.497 e. The molecule has 0 saturated heterocycles. The van der Waals surface area contributed by atoms with E-state index < -0.39 is 22.1 Å². The van der Waals surface area contributed by atoms with E-state index in [0.717, 1.165) is 17.5 Å². The zero-order valence-electron chi connectivity index (χ0n) is 13.9. The van der Waals surface area contributed by atoms with Crippen LogP contribution in [-0.4, -0.2) is 21.9 Å². The van der Waals surface area contributed by atoms with E-state index in [1.165, 1.54) is 31.4 Å². The summed E-state index contributed by atoms with van der Waals surface area (Å²) in [6, 6.07) is 14.2. The normalized spacial score (nSPS) is 12.0. The first kappa shape index (κ1) is 18.8. The number of rotatable bonds is 5. The zero-order valence-corrected chi connectivity index (χ0v) is 14.8. The van der Waals surface area contributed by atoms with Crippen LogP contribution in [0.1, 0.15) is 0 Å². The Morgan fingerprint density at radius 2 is 1.44 bits per heavy atom. The predicted octanol–water partition coefficient (Wildman–Crippen LogP) is 4.55. The number of anilines is 1. The molecule has 0 radical (unpaired) electrons. The van der Waals surface area contributed by atoms with Gasteiger partial charge in [-0.1, -0.05) is 12.1 Å². The van der Waals surface area contributed by atoms with Gasteiger partial charge in [0.2, 0.25) is 0 Å². The van der Waals surface area contributed by atoms with Gasteiger partial charge in [0.05, 0.1) is 12.0 Å². The number of hydrogen-bond donors (Lipinski definition) is 1. The average molecular weight is 397 g/mol. The van der Waals surface area contributed by atoms with Gasteiger partial charge in [-0.05, 0) is 59.3 Å². The summed E-state index contributed by atoms with van der Waals surface area (Å²) in [6.07, 6.45) is -4.81. The molecule has 3 aromatic carbocycles. The molecular weight excluding hydrogens is 383 g/mol. The highest BCUT2D eigenvalue weighted by Crippen LogP contribution is 2.27. The molecule has 0 aliphatic carbocycles. The van der Waals surface area contributed by atoms with Gasteiger partial charge in [-0.15, -0.1) is 13.2 Å². The van der Waals surface area contributed by atoms with Crippen molar-refractivity contribution in [2.24, 2.45) is 0 Å². The summed E-state index contributed by atoms with van der Waals surface area (Å²) in [5, 5.41) is 1.51. The lowest BCUT2D eigenvalue weighted by Gasteiger charge is -2.11. The smallest absolute Gasteiger partial charge is 0.497 e. The van der Waals surface area contributed by atoms with Gasteiger partial charge in [0.15, 0.2) is 0 Å². The lowest BCUT2D eigenvalue weighted by molar-refractivity contribution is -0.274. The van der Waals surface area contributed by atoms with Gasteiger partial charge in [-0.2, -0.15) is 0 Å². The minimum absolute atomic E-state index is 0.0239. The fraction of sp³-hybridized carbons (Fsp3) is 0.111. The molecule has 1 N–H and O–H groups in total. The molecule has 0 unspecified atom stereocenters. The first-order valence-corrected chi connectivity index (χ1v) is 9.11. The second kappa shape index (κ2) is 6.99. The van der Waals surface area contributed by atoms with Crippen LogP contribution in [0.4, 0.5) is 18.9 Å². The molecule has 0 spiro atoms. The van der Waals surface area contributed by atoms with Gasteiger partial charge in [0, 0.05) is 5.69 Å². The van der Waals surface area contributed by atoms with Crippen molar-refractivity contribution in [3.63, 3.8) is 0 Å². The first-order chi connectivity index (χ1) is 12.7. The second-order valence-corrected chi connectivity index (χ2v) is 7.23. The molecule has 0 aliphatic heterocycles. The van der Waals surface area contributed by atoms with E-state index in [-0.39, 0.29) is 10.6 Å². The predicted molar refractivity (Wildman–Crippen MR) is 94.4 cm³/mol. The van der Waals surface area contributed by atoms with Crippen molar-refractivity contribution in [3.05, 3.63) is 60.7 Å². The summed E-state index contributed by atoms with van der Waals surface area (Å²) in [4.78, 5) is 0.0239. The van der Waals surface area contributed by atoms with Gasteiger partial charge in [0.25, 0.3) is 10.0 Å². The molecule has 3 rings (SSSR count). The Kier molecular flexibility index (Phi) is 4.88. The van der Waals surface area contributed by atoms with Crippen molar-refractivity contribution in [2.75, 3.05) is 11.8 Å². The van der Waals surface area contributed by atoms with Crippen LogP contribution in [0.3, 0.4) is 0 Å². The molecule has 5 nitrogen and oxygen atoms in total. The van der Waals surface area contributed by atoms with Crippen molar-refractivity contribution in [1.29, 1.82) is 0 Å². The Labute approximate surface area is 153 Å². The Bertz CT molecular complexity index is 1060. The van der Waals surface area contributed by atoms with Crippen molar-refractivity contribution >= 4 is 26.5 Å². The van der Waals surface area contributed by atoms with E-state index >= 15 is 0 Å². The van der Waals surface area contributed by atoms with Crippen molar-refractivity contribution in [2.45, 2.75) is 11.3 Å². The number of fused-ring (bicyclic) bond motifs is 1. The molecule has 27 heavy (non-hydrogen) atoms. The molecule has 9 heteroatoms. The van der Waals surface area contributed by atoms with Crippen LogP contribution in [-0.2, 0) is 10.0 Å². The number of nitrogens with one attached hydrogen (secondary N) is 1. The minimum atomic E-state index is -4.81. The Morgan fingerprint density at radius 3 is 2.07 bits per heavy atom. The van der Waals surface area contributed by atoms with Gasteiger partial charge in [-0.3, -0.25) is 4.72 Å². The molecule has 0 saturated carbocycles. The van der Waals surface area contributed by atoms with E-state index in [9.17, 15) is 21.6 Å². The third-order valence-corrected chi connectivity index (χ3v) is 5.05. The van der Waals surface area contributed by atoms with Crippen molar-refractivity contribution < 1.29 is 31.1 Å². The molecule has 0 bridgehead atoms. The Hall–Kier alpha value is -2.94. The molecule has 0 heterocycles. The summed E-state index contributed by atoms with van der Waals surface area (Å²) in [5.41, 5.74) is 0.111. The molecule has 3 aromatic rings. The molecule has 0 aromatic heterocycles. The van der Waals surface area contributed by atoms with Crippen LogP contribution < -0.4 is 14.2 Å². The largest absolute Gasteiger partial charge is 0.573 e. The second-order valence-electron chi connectivity index (χ2n) is 5.55. The summed E-state index contributed by atoms with van der Waals surface area (Å²) in [6.45, 7) is 0. The third kappa shape index (κ3) is 4.62. The lowest BCUT2D eigenvalue weighted by atomic mass is 10.1. The van der Waals surface area contributed by atoms with Crippen LogP contribution in [0.15, 0.2) is 65.6 Å². The van der Waals surface area contributed by atoms with Crippen LogP contribution in [0, 0.1) is 0 Å². The summed E-state index contributed by atoms with van der Waals surface area (Å²) in [5.74, 6) is 0.211. The maximum Gasteiger partial charge on any atom is 0.573 e. The molecule has 0 amide bonds. The topological polar surface area (TPSA) is 64.6 Å². The van der Waals surface area contributed by atoms with Gasteiger partial charge >= 0.3 is 6.36 Å². The number of ether oxygens (including phenoxy) is 2. The van der Waals surface area contributed by atoms with Crippen molar-refractivity contribution in [1.82, 2.24) is 0 Å². The standard InChI is InChI=1S/C18H14F3NO4S/c1-25-16-6-2-13-11-17(9-3-12(13)10-16)27(23,24)22-14-4-7-15(8-5-14)26-18(19,20)21/h2-11,22H,1H3. The number of sulfonamides is 1.